The molecule has 0 bridgehead atoms. The van der Waals surface area contributed by atoms with Crippen molar-refractivity contribution in [2.24, 2.45) is 17.3 Å². The van der Waals surface area contributed by atoms with Crippen LogP contribution >= 0.6 is 0 Å². The first-order valence-corrected chi connectivity index (χ1v) is 9.33. The molecule has 0 spiro atoms. The van der Waals surface area contributed by atoms with E-state index in [0.717, 1.165) is 19.5 Å². The molecular formula is C19H25N5O3. The lowest BCUT2D eigenvalue weighted by atomic mass is 9.60. The van der Waals surface area contributed by atoms with Gasteiger partial charge < -0.3 is 10.4 Å². The van der Waals surface area contributed by atoms with E-state index in [1.807, 2.05) is 20.8 Å². The summed E-state index contributed by atoms with van der Waals surface area (Å²) in [6.45, 7) is 7.83. The lowest BCUT2D eigenvalue weighted by Crippen LogP contribution is -2.64. The van der Waals surface area contributed by atoms with Gasteiger partial charge in [-0.25, -0.2) is 4.79 Å². The number of carboxylic acid groups (broad SMARTS) is 1. The van der Waals surface area contributed by atoms with Crippen molar-refractivity contribution >= 4 is 22.9 Å². The van der Waals surface area contributed by atoms with Gasteiger partial charge in [0.1, 0.15) is 16.6 Å². The molecule has 3 atom stereocenters. The maximum atomic E-state index is 14.0. The summed E-state index contributed by atoms with van der Waals surface area (Å²) in [5, 5.41) is 24.0. The van der Waals surface area contributed by atoms with E-state index < -0.39 is 17.0 Å². The highest BCUT2D eigenvalue weighted by Crippen LogP contribution is 2.53. The third kappa shape index (κ3) is 2.46. The second kappa shape index (κ2) is 6.02. The maximum absolute atomic E-state index is 14.0. The van der Waals surface area contributed by atoms with Gasteiger partial charge in [-0.2, -0.15) is 15.4 Å². The molecule has 2 aromatic rings. The van der Waals surface area contributed by atoms with Crippen LogP contribution in [0.3, 0.4) is 0 Å². The Morgan fingerprint density at radius 3 is 2.70 bits per heavy atom. The largest absolute Gasteiger partial charge is 0.465 e. The van der Waals surface area contributed by atoms with Gasteiger partial charge in [-0.05, 0) is 48.4 Å². The van der Waals surface area contributed by atoms with E-state index in [0.29, 0.717) is 23.1 Å². The SMILES string of the molecule is CC(C)(C)C1(C(=O)c2ccc3n[nH]nc3c2)[C@H]2CCNC[C@@H]2CN1C(=O)O. The first-order chi connectivity index (χ1) is 12.8. The Kier molecular flexibility index (Phi) is 3.99. The summed E-state index contributed by atoms with van der Waals surface area (Å²) >= 11 is 0. The van der Waals surface area contributed by atoms with E-state index in [9.17, 15) is 14.7 Å². The van der Waals surface area contributed by atoms with E-state index in [-0.39, 0.29) is 17.6 Å². The highest BCUT2D eigenvalue weighted by Gasteiger charge is 2.65. The van der Waals surface area contributed by atoms with Crippen LogP contribution in [-0.2, 0) is 0 Å². The first kappa shape index (κ1) is 17.9. The number of hydrogen-bond acceptors (Lipinski definition) is 5. The molecule has 2 aliphatic rings. The quantitative estimate of drug-likeness (QED) is 0.698. The lowest BCUT2D eigenvalue weighted by Gasteiger charge is -2.50. The number of benzene rings is 1. The average molecular weight is 371 g/mol. The number of carbonyl (C=O) groups is 2. The highest BCUT2D eigenvalue weighted by atomic mass is 16.4. The number of rotatable bonds is 2. The maximum Gasteiger partial charge on any atom is 0.408 e. The summed E-state index contributed by atoms with van der Waals surface area (Å²) < 4.78 is 0. The molecule has 27 heavy (non-hydrogen) atoms. The van der Waals surface area contributed by atoms with Gasteiger partial charge >= 0.3 is 6.09 Å². The molecule has 2 fully saturated rings. The van der Waals surface area contributed by atoms with E-state index in [1.54, 1.807) is 18.2 Å². The van der Waals surface area contributed by atoms with Crippen molar-refractivity contribution in [3.8, 4) is 0 Å². The van der Waals surface area contributed by atoms with E-state index >= 15 is 0 Å². The molecule has 144 valence electrons. The Morgan fingerprint density at radius 2 is 2.00 bits per heavy atom. The van der Waals surface area contributed by atoms with Crippen molar-refractivity contribution in [2.45, 2.75) is 32.7 Å². The third-order valence-electron chi connectivity index (χ3n) is 6.29. The fourth-order valence-corrected chi connectivity index (χ4v) is 5.27. The molecular weight excluding hydrogens is 346 g/mol. The number of piperidine rings is 1. The first-order valence-electron chi connectivity index (χ1n) is 9.33. The van der Waals surface area contributed by atoms with Crippen molar-refractivity contribution in [3.63, 3.8) is 0 Å². The fraction of sp³-hybridized carbons (Fsp3) is 0.579. The van der Waals surface area contributed by atoms with Crippen LogP contribution in [0.15, 0.2) is 18.2 Å². The number of aromatic amines is 1. The summed E-state index contributed by atoms with van der Waals surface area (Å²) in [5.74, 6) is -0.0270. The monoisotopic (exact) mass is 371 g/mol. The fourth-order valence-electron chi connectivity index (χ4n) is 5.27. The summed E-state index contributed by atoms with van der Waals surface area (Å²) in [6, 6.07) is 5.20. The second-order valence-electron chi connectivity index (χ2n) is 8.63. The molecule has 8 nitrogen and oxygen atoms in total. The van der Waals surface area contributed by atoms with Crippen LogP contribution in [-0.4, -0.2) is 62.5 Å². The number of amides is 1. The number of fused-ring (bicyclic) bond motifs is 2. The molecule has 1 aromatic carbocycles. The van der Waals surface area contributed by atoms with Gasteiger partial charge in [-0.15, -0.1) is 0 Å². The minimum Gasteiger partial charge on any atom is -0.465 e. The Labute approximate surface area is 157 Å². The van der Waals surface area contributed by atoms with E-state index in [2.05, 4.69) is 20.7 Å². The van der Waals surface area contributed by atoms with Gasteiger partial charge in [0, 0.05) is 18.7 Å². The number of aromatic nitrogens is 3. The van der Waals surface area contributed by atoms with E-state index in [4.69, 9.17) is 0 Å². The van der Waals surface area contributed by atoms with Crippen LogP contribution < -0.4 is 5.32 Å². The van der Waals surface area contributed by atoms with Crippen LogP contribution in [0.2, 0.25) is 0 Å². The second-order valence-corrected chi connectivity index (χ2v) is 8.63. The van der Waals surface area contributed by atoms with Gasteiger partial charge in [0.2, 0.25) is 0 Å². The number of nitrogens with zero attached hydrogens (tertiary/aromatic N) is 3. The number of H-pyrrole nitrogens is 1. The zero-order valence-corrected chi connectivity index (χ0v) is 15.8. The molecule has 0 radical (unpaired) electrons. The molecule has 1 unspecified atom stereocenters. The average Bonchev–Trinajstić information content (AvgIpc) is 3.22. The Bertz CT molecular complexity index is 902. The normalized spacial score (nSPS) is 28.3. The molecule has 0 aliphatic carbocycles. The predicted molar refractivity (Wildman–Crippen MR) is 99.6 cm³/mol. The zero-order chi connectivity index (χ0) is 19.4. The molecule has 0 saturated carbocycles. The third-order valence-corrected chi connectivity index (χ3v) is 6.29. The van der Waals surface area contributed by atoms with Crippen LogP contribution in [0.5, 0.6) is 0 Å². The number of hydrogen-bond donors (Lipinski definition) is 3. The Balaban J connectivity index is 1.90. The molecule has 3 N–H and O–H groups in total. The Morgan fingerprint density at radius 1 is 1.26 bits per heavy atom. The number of nitrogens with one attached hydrogen (secondary N) is 2. The predicted octanol–water partition coefficient (Wildman–Crippen LogP) is 2.14. The molecule has 4 rings (SSSR count). The van der Waals surface area contributed by atoms with Gasteiger partial charge in [0.05, 0.1) is 0 Å². The van der Waals surface area contributed by atoms with Gasteiger partial charge in [0.15, 0.2) is 5.78 Å². The molecule has 8 heteroatoms. The molecule has 1 aromatic heterocycles. The standard InChI is InChI=1S/C19H25N5O3/c1-18(2,3)19(13-6-7-20-9-12(13)10-24(19)17(26)27)16(25)11-4-5-14-15(8-11)22-23-21-14/h4-5,8,12-13,20H,6-7,9-10H2,1-3H3,(H,26,27)(H,21,22,23)/t12-,13+,19?/m1/s1. The topological polar surface area (TPSA) is 111 Å². The zero-order valence-electron chi connectivity index (χ0n) is 15.8. The van der Waals surface area contributed by atoms with Crippen LogP contribution in [0.1, 0.15) is 37.6 Å². The smallest absolute Gasteiger partial charge is 0.408 e. The molecule has 3 heterocycles. The van der Waals surface area contributed by atoms with Crippen LogP contribution in [0.25, 0.3) is 11.0 Å². The minimum atomic E-state index is -1.11. The van der Waals surface area contributed by atoms with Crippen molar-refractivity contribution in [1.29, 1.82) is 0 Å². The number of carbonyl (C=O) groups excluding carboxylic acids is 1. The van der Waals surface area contributed by atoms with Gasteiger partial charge in [-0.3, -0.25) is 9.69 Å². The van der Waals surface area contributed by atoms with Crippen molar-refractivity contribution < 1.29 is 14.7 Å². The highest BCUT2D eigenvalue weighted by molar-refractivity contribution is 6.07. The summed E-state index contributed by atoms with van der Waals surface area (Å²) in [4.78, 5) is 27.6. The van der Waals surface area contributed by atoms with Gasteiger partial charge in [-0.1, -0.05) is 20.8 Å². The minimum absolute atomic E-state index is 0.0182. The summed E-state index contributed by atoms with van der Waals surface area (Å²) in [5.41, 5.74) is 0.0992. The molecule has 2 saturated heterocycles. The van der Waals surface area contributed by atoms with Crippen molar-refractivity contribution in [2.75, 3.05) is 19.6 Å². The van der Waals surface area contributed by atoms with Crippen LogP contribution in [0, 0.1) is 17.3 Å². The van der Waals surface area contributed by atoms with E-state index in [1.165, 1.54) is 4.90 Å². The van der Waals surface area contributed by atoms with Gasteiger partial charge in [0.25, 0.3) is 0 Å². The lowest BCUT2D eigenvalue weighted by molar-refractivity contribution is 0.00461. The number of likely N-dealkylation sites (tertiary alicyclic amines) is 1. The molecule has 2 aliphatic heterocycles. The number of ketones is 1. The van der Waals surface area contributed by atoms with Crippen LogP contribution in [0.4, 0.5) is 4.79 Å². The van der Waals surface area contributed by atoms with Crippen molar-refractivity contribution in [1.82, 2.24) is 25.6 Å². The Hall–Kier alpha value is -2.48. The summed E-state index contributed by atoms with van der Waals surface area (Å²) in [6.07, 6.45) is -0.251. The summed E-state index contributed by atoms with van der Waals surface area (Å²) in [7, 11) is 0. The number of Topliss-reactive ketones (excluding diaryl/α,β-unsaturated/α-hetero) is 1. The molecule has 1 amide bonds. The van der Waals surface area contributed by atoms with Crippen molar-refractivity contribution in [3.05, 3.63) is 23.8 Å².